The summed E-state index contributed by atoms with van der Waals surface area (Å²) in [6.07, 6.45) is 0. The predicted octanol–water partition coefficient (Wildman–Crippen LogP) is 3.61. The van der Waals surface area contributed by atoms with Gasteiger partial charge in [0.1, 0.15) is 5.15 Å². The molecule has 2 rings (SSSR count). The Morgan fingerprint density at radius 3 is 2.47 bits per heavy atom. The summed E-state index contributed by atoms with van der Waals surface area (Å²) in [5.41, 5.74) is 1.05. The van der Waals surface area contributed by atoms with Gasteiger partial charge in [-0.1, -0.05) is 29.3 Å². The van der Waals surface area contributed by atoms with Crippen LogP contribution in [-0.4, -0.2) is 13.4 Å². The molecule has 7 heteroatoms. The van der Waals surface area contributed by atoms with Gasteiger partial charge in [-0.25, -0.2) is 13.4 Å². The normalized spacial score (nSPS) is 11.9. The van der Waals surface area contributed by atoms with Gasteiger partial charge in [0.05, 0.1) is 16.3 Å². The van der Waals surface area contributed by atoms with Gasteiger partial charge >= 0.3 is 0 Å². The van der Waals surface area contributed by atoms with Crippen molar-refractivity contribution in [1.82, 2.24) is 4.98 Å². The summed E-state index contributed by atoms with van der Waals surface area (Å²) in [5.74, 6) is -0.314. The Balaban J connectivity index is 2.62. The van der Waals surface area contributed by atoms with Crippen molar-refractivity contribution in [3.05, 3.63) is 40.0 Å². The highest BCUT2D eigenvalue weighted by atomic mass is 35.7. The Labute approximate surface area is 113 Å². The summed E-state index contributed by atoms with van der Waals surface area (Å²) in [7, 11) is 1.56. The molecule has 0 unspecified atom stereocenters. The van der Waals surface area contributed by atoms with Crippen LogP contribution in [0.3, 0.4) is 0 Å². The minimum atomic E-state index is -3.64. The molecule has 1 aromatic carbocycles. The first-order valence-electron chi connectivity index (χ1n) is 4.53. The van der Waals surface area contributed by atoms with Crippen LogP contribution in [0.4, 0.5) is 0 Å². The molecule has 1 heterocycles. The fourth-order valence-corrected chi connectivity index (χ4v) is 2.97. The number of hydrogen-bond donors (Lipinski definition) is 0. The lowest BCUT2D eigenvalue weighted by molar-refractivity contribution is 0.609. The molecule has 0 spiro atoms. The lowest BCUT2D eigenvalue weighted by atomic mass is 10.1. The molecule has 0 aliphatic heterocycles. The highest BCUT2D eigenvalue weighted by molar-refractivity contribution is 8.13. The standard InChI is InChI=1S/C10H6Cl3NO2S/c11-9-4-2-7-8(14-9)3-1-6(10(7)12)5-17(13,15)16/h1-4H,5H2. The van der Waals surface area contributed by atoms with E-state index in [1.54, 1.807) is 24.3 Å². The van der Waals surface area contributed by atoms with Crippen molar-refractivity contribution in [3.63, 3.8) is 0 Å². The molecule has 3 nitrogen and oxygen atoms in total. The zero-order chi connectivity index (χ0) is 12.6. The molecular weight excluding hydrogens is 305 g/mol. The average molecular weight is 311 g/mol. The quantitative estimate of drug-likeness (QED) is 0.629. The van der Waals surface area contributed by atoms with Gasteiger partial charge in [0.25, 0.3) is 0 Å². The summed E-state index contributed by atoms with van der Waals surface area (Å²) in [6, 6.07) is 6.52. The summed E-state index contributed by atoms with van der Waals surface area (Å²) in [5, 5.41) is 1.33. The molecule has 0 saturated heterocycles. The van der Waals surface area contributed by atoms with Crippen LogP contribution in [0.1, 0.15) is 5.56 Å². The van der Waals surface area contributed by atoms with Crippen LogP contribution >= 0.6 is 33.9 Å². The number of benzene rings is 1. The van der Waals surface area contributed by atoms with Crippen LogP contribution in [0.2, 0.25) is 10.2 Å². The Bertz CT molecular complexity index is 685. The van der Waals surface area contributed by atoms with E-state index in [-0.39, 0.29) is 5.75 Å². The first kappa shape index (κ1) is 12.9. The van der Waals surface area contributed by atoms with Gasteiger partial charge in [-0.15, -0.1) is 0 Å². The van der Waals surface area contributed by atoms with Crippen LogP contribution in [0.25, 0.3) is 10.9 Å². The van der Waals surface area contributed by atoms with Crippen LogP contribution in [0.5, 0.6) is 0 Å². The van der Waals surface area contributed by atoms with E-state index < -0.39 is 9.05 Å². The van der Waals surface area contributed by atoms with Crippen molar-refractivity contribution >= 4 is 53.8 Å². The zero-order valence-electron chi connectivity index (χ0n) is 8.32. The Morgan fingerprint density at radius 1 is 1.12 bits per heavy atom. The number of rotatable bonds is 2. The van der Waals surface area contributed by atoms with Gasteiger partial charge in [0, 0.05) is 16.1 Å². The second kappa shape index (κ2) is 4.61. The van der Waals surface area contributed by atoms with E-state index in [2.05, 4.69) is 4.98 Å². The predicted molar refractivity (Wildman–Crippen MR) is 70.2 cm³/mol. The smallest absolute Gasteiger partial charge is 0.236 e. The third-order valence-corrected chi connectivity index (χ3v) is 3.82. The molecule has 90 valence electrons. The van der Waals surface area contributed by atoms with Crippen molar-refractivity contribution in [2.45, 2.75) is 5.75 Å². The molecule has 0 aliphatic carbocycles. The van der Waals surface area contributed by atoms with Crippen molar-refractivity contribution in [1.29, 1.82) is 0 Å². The Morgan fingerprint density at radius 2 is 1.82 bits per heavy atom. The minimum Gasteiger partial charge on any atom is -0.236 e. The molecule has 0 aliphatic rings. The Kier molecular flexibility index (Phi) is 3.50. The topological polar surface area (TPSA) is 47.0 Å². The van der Waals surface area contributed by atoms with Crippen LogP contribution in [0.15, 0.2) is 24.3 Å². The van der Waals surface area contributed by atoms with Gasteiger partial charge in [0.15, 0.2) is 0 Å². The van der Waals surface area contributed by atoms with Crippen LogP contribution in [-0.2, 0) is 14.8 Å². The second-order valence-electron chi connectivity index (χ2n) is 3.42. The largest absolute Gasteiger partial charge is 0.236 e. The highest BCUT2D eigenvalue weighted by Crippen LogP contribution is 2.29. The molecule has 0 fully saturated rings. The van der Waals surface area contributed by atoms with Crippen LogP contribution < -0.4 is 0 Å². The molecule has 17 heavy (non-hydrogen) atoms. The third kappa shape index (κ3) is 3.01. The van der Waals surface area contributed by atoms with Crippen molar-refractivity contribution < 1.29 is 8.42 Å². The molecule has 2 aromatic rings. The zero-order valence-corrected chi connectivity index (χ0v) is 11.4. The number of fused-ring (bicyclic) bond motifs is 1. The summed E-state index contributed by atoms with van der Waals surface area (Å²) < 4.78 is 22.0. The van der Waals surface area contributed by atoms with E-state index in [0.717, 1.165) is 0 Å². The minimum absolute atomic E-state index is 0.314. The fourth-order valence-electron chi connectivity index (χ4n) is 1.49. The molecular formula is C10H6Cl3NO2S. The van der Waals surface area contributed by atoms with E-state index >= 15 is 0 Å². The van der Waals surface area contributed by atoms with Gasteiger partial charge < -0.3 is 0 Å². The van der Waals surface area contributed by atoms with Crippen molar-refractivity contribution in [2.24, 2.45) is 0 Å². The van der Waals surface area contributed by atoms with E-state index in [4.69, 9.17) is 33.9 Å². The van der Waals surface area contributed by atoms with E-state index in [1.165, 1.54) is 0 Å². The Hall–Kier alpha value is -0.550. The van der Waals surface area contributed by atoms with E-state index in [0.29, 0.717) is 26.6 Å². The first-order chi connectivity index (χ1) is 7.87. The van der Waals surface area contributed by atoms with Crippen LogP contribution in [0, 0.1) is 0 Å². The number of halogens is 3. The molecule has 0 bridgehead atoms. The second-order valence-corrected chi connectivity index (χ2v) is 6.96. The highest BCUT2D eigenvalue weighted by Gasteiger charge is 2.13. The number of nitrogens with zero attached hydrogens (tertiary/aromatic N) is 1. The van der Waals surface area contributed by atoms with Gasteiger partial charge in [0.2, 0.25) is 9.05 Å². The van der Waals surface area contributed by atoms with Crippen molar-refractivity contribution in [2.75, 3.05) is 0 Å². The summed E-state index contributed by atoms with van der Waals surface area (Å²) >= 11 is 11.8. The van der Waals surface area contributed by atoms with Gasteiger partial charge in [-0.05, 0) is 23.8 Å². The molecule has 0 saturated carbocycles. The number of hydrogen-bond acceptors (Lipinski definition) is 3. The molecule has 0 N–H and O–H groups in total. The third-order valence-electron chi connectivity index (χ3n) is 2.18. The molecule has 0 radical (unpaired) electrons. The first-order valence-corrected chi connectivity index (χ1v) is 7.76. The summed E-state index contributed by atoms with van der Waals surface area (Å²) in [6.45, 7) is 0. The maximum atomic E-state index is 11.0. The van der Waals surface area contributed by atoms with Gasteiger partial charge in [-0.2, -0.15) is 0 Å². The number of aromatic nitrogens is 1. The lowest BCUT2D eigenvalue weighted by Crippen LogP contribution is -1.96. The van der Waals surface area contributed by atoms with Gasteiger partial charge in [-0.3, -0.25) is 0 Å². The SMILES string of the molecule is O=S(=O)(Cl)Cc1ccc2nc(Cl)ccc2c1Cl. The summed E-state index contributed by atoms with van der Waals surface area (Å²) in [4.78, 5) is 4.07. The molecule has 0 amide bonds. The monoisotopic (exact) mass is 309 g/mol. The van der Waals surface area contributed by atoms with E-state index in [9.17, 15) is 8.42 Å². The fraction of sp³-hybridized carbons (Fsp3) is 0.100. The average Bonchev–Trinajstić information content (AvgIpc) is 2.20. The molecule has 1 aromatic heterocycles. The van der Waals surface area contributed by atoms with E-state index in [1.807, 2.05) is 0 Å². The number of pyridine rings is 1. The maximum Gasteiger partial charge on any atom is 0.236 e. The lowest BCUT2D eigenvalue weighted by Gasteiger charge is -2.05. The van der Waals surface area contributed by atoms with Crippen molar-refractivity contribution in [3.8, 4) is 0 Å². The maximum absolute atomic E-state index is 11.0. The molecule has 0 atom stereocenters.